The van der Waals surface area contributed by atoms with Crippen LogP contribution in [0.5, 0.6) is 0 Å². The van der Waals surface area contributed by atoms with Gasteiger partial charge in [0.15, 0.2) is 5.11 Å². The van der Waals surface area contributed by atoms with Gasteiger partial charge >= 0.3 is 0 Å². The Hall–Kier alpha value is -2.71. The molecule has 0 aliphatic rings. The van der Waals surface area contributed by atoms with E-state index in [1.165, 1.54) is 0 Å². The molecule has 0 aromatic heterocycles. The van der Waals surface area contributed by atoms with Crippen molar-refractivity contribution in [2.75, 3.05) is 12.4 Å². The van der Waals surface area contributed by atoms with Crippen LogP contribution in [0.2, 0.25) is 0 Å². The minimum absolute atomic E-state index is 0.506. The zero-order chi connectivity index (χ0) is 15.1. The second-order valence-corrected chi connectivity index (χ2v) is 4.68. The topological polar surface area (TPSA) is 51.4 Å². The van der Waals surface area contributed by atoms with E-state index in [9.17, 15) is 0 Å². The standard InChI is InChI=1S/C16H14N4S/c1-20(16(21)19-15-5-3-2-4-6-15)18-12-14-9-7-13(11-17)8-10-14/h2-10,12H,1H3,(H,19,21)/b18-12+. The van der Waals surface area contributed by atoms with E-state index in [1.807, 2.05) is 42.5 Å². The largest absolute Gasteiger partial charge is 0.331 e. The van der Waals surface area contributed by atoms with E-state index in [0.29, 0.717) is 10.7 Å². The maximum Gasteiger partial charge on any atom is 0.193 e. The Morgan fingerprint density at radius 3 is 2.48 bits per heavy atom. The Balaban J connectivity index is 1.96. The molecular formula is C16H14N4S. The van der Waals surface area contributed by atoms with Gasteiger partial charge in [0.05, 0.1) is 17.8 Å². The Morgan fingerprint density at radius 2 is 1.86 bits per heavy atom. The molecule has 4 nitrogen and oxygen atoms in total. The maximum atomic E-state index is 8.74. The van der Waals surface area contributed by atoms with Gasteiger partial charge in [-0.05, 0) is 42.0 Å². The number of para-hydroxylation sites is 1. The van der Waals surface area contributed by atoms with Gasteiger partial charge in [0, 0.05) is 12.7 Å². The molecule has 0 radical (unpaired) electrons. The molecule has 5 heteroatoms. The van der Waals surface area contributed by atoms with Crippen LogP contribution >= 0.6 is 12.2 Å². The number of benzene rings is 2. The average molecular weight is 294 g/mol. The van der Waals surface area contributed by atoms with Crippen LogP contribution in [-0.4, -0.2) is 23.4 Å². The van der Waals surface area contributed by atoms with Crippen molar-refractivity contribution < 1.29 is 0 Å². The molecule has 0 unspecified atom stereocenters. The number of nitrogens with zero attached hydrogens (tertiary/aromatic N) is 3. The monoisotopic (exact) mass is 294 g/mol. The Morgan fingerprint density at radius 1 is 1.19 bits per heavy atom. The summed E-state index contributed by atoms with van der Waals surface area (Å²) in [5, 5.41) is 18.2. The first-order valence-corrected chi connectivity index (χ1v) is 6.74. The molecule has 0 amide bonds. The normalized spacial score (nSPS) is 10.1. The van der Waals surface area contributed by atoms with Gasteiger partial charge in [-0.1, -0.05) is 30.3 Å². The molecule has 2 aromatic carbocycles. The SMILES string of the molecule is CN(/N=C/c1ccc(C#N)cc1)C(=S)Nc1ccccc1. The highest BCUT2D eigenvalue weighted by molar-refractivity contribution is 7.80. The molecule has 21 heavy (non-hydrogen) atoms. The van der Waals surface area contributed by atoms with Crippen LogP contribution < -0.4 is 5.32 Å². The Kier molecular flexibility index (Phi) is 5.02. The third-order valence-electron chi connectivity index (χ3n) is 2.74. The molecular weight excluding hydrogens is 280 g/mol. The fraction of sp³-hybridized carbons (Fsp3) is 0.0625. The minimum atomic E-state index is 0.506. The van der Waals surface area contributed by atoms with E-state index in [-0.39, 0.29) is 0 Å². The van der Waals surface area contributed by atoms with Crippen molar-refractivity contribution >= 4 is 29.2 Å². The van der Waals surface area contributed by atoms with E-state index in [2.05, 4.69) is 16.5 Å². The van der Waals surface area contributed by atoms with E-state index in [4.69, 9.17) is 17.5 Å². The molecule has 0 aliphatic heterocycles. The van der Waals surface area contributed by atoms with Gasteiger partial charge in [0.2, 0.25) is 0 Å². The molecule has 0 atom stereocenters. The summed E-state index contributed by atoms with van der Waals surface area (Å²) in [6.07, 6.45) is 1.69. The summed E-state index contributed by atoms with van der Waals surface area (Å²) in [7, 11) is 1.78. The lowest BCUT2D eigenvalue weighted by Crippen LogP contribution is -2.26. The highest BCUT2D eigenvalue weighted by atomic mass is 32.1. The third kappa shape index (κ3) is 4.41. The van der Waals surface area contributed by atoms with Crippen LogP contribution in [0.1, 0.15) is 11.1 Å². The number of hydrazone groups is 1. The van der Waals surface area contributed by atoms with Crippen LogP contribution in [0.3, 0.4) is 0 Å². The minimum Gasteiger partial charge on any atom is -0.331 e. The number of rotatable bonds is 3. The maximum absolute atomic E-state index is 8.74. The number of hydrogen-bond donors (Lipinski definition) is 1. The van der Waals surface area contributed by atoms with Crippen LogP contribution in [0.4, 0.5) is 5.69 Å². The molecule has 2 rings (SSSR count). The summed E-state index contributed by atoms with van der Waals surface area (Å²) in [6.45, 7) is 0. The molecule has 0 spiro atoms. The van der Waals surface area contributed by atoms with Gasteiger partial charge in [-0.2, -0.15) is 10.4 Å². The van der Waals surface area contributed by atoms with E-state index < -0.39 is 0 Å². The van der Waals surface area contributed by atoms with E-state index >= 15 is 0 Å². The lowest BCUT2D eigenvalue weighted by atomic mass is 10.2. The molecule has 0 saturated carbocycles. The van der Waals surface area contributed by atoms with Crippen LogP contribution in [0, 0.1) is 11.3 Å². The first-order chi connectivity index (χ1) is 10.2. The molecule has 0 heterocycles. The molecule has 0 aliphatic carbocycles. The van der Waals surface area contributed by atoms with Crippen LogP contribution in [0.25, 0.3) is 0 Å². The van der Waals surface area contributed by atoms with Gasteiger partial charge in [0.25, 0.3) is 0 Å². The van der Waals surface area contributed by atoms with Crippen molar-refractivity contribution in [3.8, 4) is 6.07 Å². The van der Waals surface area contributed by atoms with Crippen molar-refractivity contribution in [1.29, 1.82) is 5.26 Å². The van der Waals surface area contributed by atoms with Crippen molar-refractivity contribution in [3.63, 3.8) is 0 Å². The van der Waals surface area contributed by atoms with Gasteiger partial charge in [-0.25, -0.2) is 5.01 Å². The average Bonchev–Trinajstić information content (AvgIpc) is 2.54. The van der Waals surface area contributed by atoms with Crippen molar-refractivity contribution in [1.82, 2.24) is 5.01 Å². The first kappa shape index (κ1) is 14.7. The highest BCUT2D eigenvalue weighted by Crippen LogP contribution is 2.06. The van der Waals surface area contributed by atoms with E-state index in [1.54, 1.807) is 30.4 Å². The van der Waals surface area contributed by atoms with Gasteiger partial charge in [-0.3, -0.25) is 0 Å². The number of hydrogen-bond acceptors (Lipinski definition) is 3. The molecule has 1 N–H and O–H groups in total. The molecule has 2 aromatic rings. The summed E-state index contributed by atoms with van der Waals surface area (Å²) in [4.78, 5) is 0. The lowest BCUT2D eigenvalue weighted by Gasteiger charge is -2.15. The summed E-state index contributed by atoms with van der Waals surface area (Å²) in [6, 6.07) is 18.9. The quantitative estimate of drug-likeness (QED) is 0.536. The highest BCUT2D eigenvalue weighted by Gasteiger charge is 2.01. The molecule has 0 fully saturated rings. The summed E-state index contributed by atoms with van der Waals surface area (Å²) in [5.41, 5.74) is 2.45. The number of nitriles is 1. The van der Waals surface area contributed by atoms with Gasteiger partial charge < -0.3 is 5.32 Å². The zero-order valence-corrected chi connectivity index (χ0v) is 12.3. The third-order valence-corrected chi connectivity index (χ3v) is 3.11. The van der Waals surface area contributed by atoms with Gasteiger partial charge in [0.1, 0.15) is 0 Å². The predicted molar refractivity (Wildman–Crippen MR) is 89.2 cm³/mol. The van der Waals surface area contributed by atoms with Crippen LogP contribution in [-0.2, 0) is 0 Å². The second-order valence-electron chi connectivity index (χ2n) is 4.30. The molecule has 104 valence electrons. The summed E-state index contributed by atoms with van der Waals surface area (Å²) in [5.74, 6) is 0. The number of nitrogens with one attached hydrogen (secondary N) is 1. The summed E-state index contributed by atoms with van der Waals surface area (Å²) >= 11 is 5.27. The number of anilines is 1. The van der Waals surface area contributed by atoms with Crippen LogP contribution in [0.15, 0.2) is 59.7 Å². The van der Waals surface area contributed by atoms with Gasteiger partial charge in [-0.15, -0.1) is 0 Å². The second kappa shape index (κ2) is 7.17. The zero-order valence-electron chi connectivity index (χ0n) is 11.5. The number of thiocarbonyl (C=S) groups is 1. The Bertz CT molecular complexity index is 672. The summed E-state index contributed by atoms with van der Waals surface area (Å²) < 4.78 is 0. The van der Waals surface area contributed by atoms with E-state index in [0.717, 1.165) is 11.3 Å². The lowest BCUT2D eigenvalue weighted by molar-refractivity contribution is 0.557. The fourth-order valence-electron chi connectivity index (χ4n) is 1.58. The predicted octanol–water partition coefficient (Wildman–Crippen LogP) is 3.22. The Labute approximate surface area is 129 Å². The smallest absolute Gasteiger partial charge is 0.193 e. The van der Waals surface area contributed by atoms with Crippen molar-refractivity contribution in [3.05, 3.63) is 65.7 Å². The fourth-order valence-corrected chi connectivity index (χ4v) is 1.74. The first-order valence-electron chi connectivity index (χ1n) is 6.33. The van der Waals surface area contributed by atoms with Crippen molar-refractivity contribution in [2.45, 2.75) is 0 Å². The molecule has 0 saturated heterocycles. The molecule has 0 bridgehead atoms. The van der Waals surface area contributed by atoms with Crippen molar-refractivity contribution in [2.24, 2.45) is 5.10 Å².